The van der Waals surface area contributed by atoms with Gasteiger partial charge in [0, 0.05) is 11.0 Å². The van der Waals surface area contributed by atoms with Gasteiger partial charge in [-0.3, -0.25) is 14.2 Å². The van der Waals surface area contributed by atoms with Crippen LogP contribution in [-0.2, 0) is 11.3 Å². The molecule has 0 saturated carbocycles. The fourth-order valence-corrected chi connectivity index (χ4v) is 4.66. The van der Waals surface area contributed by atoms with E-state index in [0.29, 0.717) is 33.8 Å². The van der Waals surface area contributed by atoms with Crippen molar-refractivity contribution in [3.8, 4) is 0 Å². The number of thioether (sulfide) groups is 1. The molecule has 0 aliphatic carbocycles. The third-order valence-electron chi connectivity index (χ3n) is 4.22. The quantitative estimate of drug-likeness (QED) is 0.320. The summed E-state index contributed by atoms with van der Waals surface area (Å²) in [6, 6.07) is 10.9. The maximum atomic E-state index is 12.9. The number of nitrogens with zero attached hydrogens (tertiary/aromatic N) is 4. The number of rotatable bonds is 6. The van der Waals surface area contributed by atoms with Crippen LogP contribution in [0, 0.1) is 0 Å². The van der Waals surface area contributed by atoms with Crippen molar-refractivity contribution in [1.29, 1.82) is 0 Å². The number of anilines is 1. The highest BCUT2D eigenvalue weighted by atomic mass is 79.9. The smallest absolute Gasteiger partial charge is 0.262 e. The lowest BCUT2D eigenvalue weighted by molar-refractivity contribution is -0.113. The number of hydrogen-bond donors (Lipinski definition) is 1. The molecule has 0 atom stereocenters. The average Bonchev–Trinajstić information content (AvgIpc) is 3.19. The Kier molecular flexibility index (Phi) is 5.93. The van der Waals surface area contributed by atoms with Crippen molar-refractivity contribution in [2.24, 2.45) is 0 Å². The lowest BCUT2D eigenvalue weighted by Gasteiger charge is -2.12. The largest absolute Gasteiger partial charge is 0.323 e. The molecule has 7 nitrogen and oxygen atoms in total. The van der Waals surface area contributed by atoms with Gasteiger partial charge in [0.15, 0.2) is 5.16 Å². The molecule has 0 radical (unpaired) electrons. The van der Waals surface area contributed by atoms with E-state index in [2.05, 4.69) is 35.0 Å². The van der Waals surface area contributed by atoms with Crippen LogP contribution in [0.3, 0.4) is 0 Å². The van der Waals surface area contributed by atoms with Gasteiger partial charge in [-0.05, 0) is 36.8 Å². The van der Waals surface area contributed by atoms with E-state index in [1.165, 1.54) is 11.8 Å². The van der Waals surface area contributed by atoms with E-state index in [1.807, 2.05) is 25.1 Å². The van der Waals surface area contributed by atoms with Crippen LogP contribution in [0.1, 0.15) is 13.3 Å². The zero-order chi connectivity index (χ0) is 20.4. The van der Waals surface area contributed by atoms with Crippen molar-refractivity contribution in [2.45, 2.75) is 25.0 Å². The summed E-state index contributed by atoms with van der Waals surface area (Å²) < 4.78 is 10.9. The molecule has 2 heterocycles. The minimum absolute atomic E-state index is 0.0978. The van der Waals surface area contributed by atoms with Crippen molar-refractivity contribution >= 4 is 73.0 Å². The Labute approximate surface area is 183 Å². The van der Waals surface area contributed by atoms with Crippen molar-refractivity contribution in [2.75, 3.05) is 11.1 Å². The Bertz CT molecular complexity index is 1270. The van der Waals surface area contributed by atoms with Gasteiger partial charge < -0.3 is 5.32 Å². The SMILES string of the molecule is CCCn1c(SCC(=O)Nc2cccc3nsnc23)nc2ccc(Br)cc2c1=O. The Morgan fingerprint density at radius 1 is 1.24 bits per heavy atom. The third kappa shape index (κ3) is 4.19. The predicted molar refractivity (Wildman–Crippen MR) is 121 cm³/mol. The lowest BCUT2D eigenvalue weighted by atomic mass is 10.2. The summed E-state index contributed by atoms with van der Waals surface area (Å²) in [5.41, 5.74) is 2.57. The number of aromatic nitrogens is 4. The van der Waals surface area contributed by atoms with Crippen LogP contribution in [0.2, 0.25) is 0 Å². The van der Waals surface area contributed by atoms with Gasteiger partial charge in [0.2, 0.25) is 5.91 Å². The topological polar surface area (TPSA) is 89.8 Å². The zero-order valence-corrected chi connectivity index (χ0v) is 18.6. The lowest BCUT2D eigenvalue weighted by Crippen LogP contribution is -2.24. The number of halogens is 1. The molecule has 4 rings (SSSR count). The third-order valence-corrected chi connectivity index (χ3v) is 6.23. The van der Waals surface area contributed by atoms with Crippen molar-refractivity contribution in [3.05, 3.63) is 51.2 Å². The average molecular weight is 490 g/mol. The van der Waals surface area contributed by atoms with Crippen LogP contribution in [0.4, 0.5) is 5.69 Å². The van der Waals surface area contributed by atoms with Crippen molar-refractivity contribution in [3.63, 3.8) is 0 Å². The fourth-order valence-electron chi connectivity index (χ4n) is 2.93. The first-order chi connectivity index (χ1) is 14.1. The molecule has 4 aromatic rings. The molecule has 29 heavy (non-hydrogen) atoms. The van der Waals surface area contributed by atoms with E-state index in [-0.39, 0.29) is 17.2 Å². The molecule has 1 amide bonds. The second-order valence-corrected chi connectivity index (χ2v) is 8.67. The minimum atomic E-state index is -0.191. The molecule has 0 spiro atoms. The molecule has 0 aliphatic heterocycles. The number of amides is 1. The number of fused-ring (bicyclic) bond motifs is 2. The van der Waals surface area contributed by atoms with Gasteiger partial charge in [0.25, 0.3) is 5.56 Å². The maximum Gasteiger partial charge on any atom is 0.262 e. The molecule has 0 bridgehead atoms. The monoisotopic (exact) mass is 489 g/mol. The summed E-state index contributed by atoms with van der Waals surface area (Å²) in [6.45, 7) is 2.54. The molecule has 1 N–H and O–H groups in total. The highest BCUT2D eigenvalue weighted by Crippen LogP contribution is 2.23. The summed E-state index contributed by atoms with van der Waals surface area (Å²) in [7, 11) is 0. The summed E-state index contributed by atoms with van der Waals surface area (Å²) in [5, 5.41) is 3.97. The van der Waals surface area contributed by atoms with Crippen LogP contribution in [0.5, 0.6) is 0 Å². The highest BCUT2D eigenvalue weighted by molar-refractivity contribution is 9.10. The molecular weight excluding hydrogens is 474 g/mol. The normalized spacial score (nSPS) is 11.2. The first-order valence-electron chi connectivity index (χ1n) is 8.91. The van der Waals surface area contributed by atoms with Crippen LogP contribution in [0.25, 0.3) is 21.9 Å². The summed E-state index contributed by atoms with van der Waals surface area (Å²) in [6.07, 6.45) is 0.791. The summed E-state index contributed by atoms with van der Waals surface area (Å²) >= 11 is 5.76. The van der Waals surface area contributed by atoms with Crippen LogP contribution < -0.4 is 10.9 Å². The minimum Gasteiger partial charge on any atom is -0.323 e. The van der Waals surface area contributed by atoms with Gasteiger partial charge >= 0.3 is 0 Å². The highest BCUT2D eigenvalue weighted by Gasteiger charge is 2.14. The van der Waals surface area contributed by atoms with Gasteiger partial charge in [-0.25, -0.2) is 4.98 Å². The summed E-state index contributed by atoms with van der Waals surface area (Å²) in [4.78, 5) is 30.1. The Morgan fingerprint density at radius 3 is 2.93 bits per heavy atom. The van der Waals surface area contributed by atoms with E-state index in [4.69, 9.17) is 0 Å². The first kappa shape index (κ1) is 20.0. The molecule has 2 aromatic carbocycles. The van der Waals surface area contributed by atoms with E-state index >= 15 is 0 Å². The van der Waals surface area contributed by atoms with Crippen LogP contribution >= 0.6 is 39.4 Å². The second kappa shape index (κ2) is 8.60. The van der Waals surface area contributed by atoms with Gasteiger partial charge in [0.1, 0.15) is 11.0 Å². The molecule has 148 valence electrons. The second-order valence-electron chi connectivity index (χ2n) is 6.29. The van der Waals surface area contributed by atoms with E-state index in [0.717, 1.165) is 28.1 Å². The number of carbonyl (C=O) groups excluding carboxylic acids is 1. The Morgan fingerprint density at radius 2 is 2.10 bits per heavy atom. The fraction of sp³-hybridized carbons (Fsp3) is 0.211. The molecule has 0 saturated heterocycles. The molecule has 0 fully saturated rings. The molecule has 2 aromatic heterocycles. The zero-order valence-electron chi connectivity index (χ0n) is 15.4. The van der Waals surface area contributed by atoms with Gasteiger partial charge in [-0.2, -0.15) is 8.75 Å². The number of nitrogens with one attached hydrogen (secondary N) is 1. The van der Waals surface area contributed by atoms with Gasteiger partial charge in [-0.1, -0.05) is 40.7 Å². The van der Waals surface area contributed by atoms with Crippen LogP contribution in [0.15, 0.2) is 50.8 Å². The number of hydrogen-bond acceptors (Lipinski definition) is 7. The van der Waals surface area contributed by atoms with Crippen molar-refractivity contribution < 1.29 is 4.79 Å². The van der Waals surface area contributed by atoms with Gasteiger partial charge in [0.05, 0.1) is 34.1 Å². The van der Waals surface area contributed by atoms with Gasteiger partial charge in [-0.15, -0.1) is 0 Å². The first-order valence-corrected chi connectivity index (χ1v) is 11.4. The van der Waals surface area contributed by atoms with Crippen molar-refractivity contribution in [1.82, 2.24) is 18.3 Å². The van der Waals surface area contributed by atoms with E-state index < -0.39 is 0 Å². The molecule has 10 heteroatoms. The summed E-state index contributed by atoms with van der Waals surface area (Å²) in [5.74, 6) is -0.0599. The molecular formula is C19H16BrN5O2S2. The number of benzene rings is 2. The van der Waals surface area contributed by atoms with E-state index in [9.17, 15) is 9.59 Å². The molecule has 0 unspecified atom stereocenters. The standard InChI is InChI=1S/C19H16BrN5O2S2/c1-2-8-25-18(27)12-9-11(20)6-7-13(12)22-19(25)28-10-16(26)21-14-4-3-5-15-17(14)24-29-23-15/h3-7,9H,2,8,10H2,1H3,(H,21,26). The maximum absolute atomic E-state index is 12.9. The van der Waals surface area contributed by atoms with E-state index in [1.54, 1.807) is 22.8 Å². The Balaban J connectivity index is 1.58. The molecule has 0 aliphatic rings. The Hall–Kier alpha value is -2.30. The number of carbonyl (C=O) groups is 1. The predicted octanol–water partition coefficient (Wildman–Crippen LogP) is 4.30. The van der Waals surface area contributed by atoms with Crippen LogP contribution in [-0.4, -0.2) is 30.0 Å².